The van der Waals surface area contributed by atoms with Gasteiger partial charge in [-0.05, 0) is 34.1 Å². The summed E-state index contributed by atoms with van der Waals surface area (Å²) in [6, 6.07) is 5.61. The minimum Gasteiger partial charge on any atom is -0.389 e. The number of aromatic amines is 1. The van der Waals surface area contributed by atoms with E-state index in [4.69, 9.17) is 18.0 Å². The molecule has 94 valence electrons. The van der Waals surface area contributed by atoms with Crippen molar-refractivity contribution in [2.24, 2.45) is 5.73 Å². The molecule has 0 radical (unpaired) electrons. The topological polar surface area (TPSA) is 70.9 Å². The van der Waals surface area contributed by atoms with Crippen LogP contribution in [0.15, 0.2) is 32.8 Å². The molecule has 0 fully saturated rings. The molecule has 0 bridgehead atoms. The highest BCUT2D eigenvalue weighted by molar-refractivity contribution is 9.10. The van der Waals surface area contributed by atoms with Gasteiger partial charge in [-0.2, -0.15) is 0 Å². The predicted molar refractivity (Wildman–Crippen MR) is 82.3 cm³/mol. The number of hydrogen-bond acceptors (Lipinski definition) is 4. The Labute approximate surface area is 121 Å². The van der Waals surface area contributed by atoms with Crippen molar-refractivity contribution in [3.63, 3.8) is 0 Å². The number of aromatic nitrogens is 1. The maximum Gasteiger partial charge on any atom is 0.304 e. The number of halogens is 1. The Morgan fingerprint density at radius 3 is 2.89 bits per heavy atom. The van der Waals surface area contributed by atoms with Crippen LogP contribution < -0.4 is 15.9 Å². The number of thiazole rings is 1. The van der Waals surface area contributed by atoms with E-state index in [-0.39, 0.29) is 4.87 Å². The Balaban J connectivity index is 2.10. The summed E-state index contributed by atoms with van der Waals surface area (Å²) >= 11 is 9.51. The lowest BCUT2D eigenvalue weighted by molar-refractivity contribution is 1.06. The first-order chi connectivity index (χ1) is 8.56. The van der Waals surface area contributed by atoms with Gasteiger partial charge in [0, 0.05) is 26.8 Å². The number of thiocarbonyl (C=S) groups is 1. The summed E-state index contributed by atoms with van der Waals surface area (Å²) in [7, 11) is 0. The monoisotopic (exact) mass is 343 g/mol. The SMILES string of the molecule is NC(=S)c1ccc(NCc2csc(=O)[nH]2)c(Br)c1. The Kier molecular flexibility index (Phi) is 4.15. The molecular formula is C11H10BrN3OS2. The maximum atomic E-state index is 11.0. The molecule has 0 atom stereocenters. The van der Waals surface area contributed by atoms with Gasteiger partial charge in [0.25, 0.3) is 0 Å². The summed E-state index contributed by atoms with van der Waals surface area (Å²) in [4.78, 5) is 14.0. The third-order valence-electron chi connectivity index (χ3n) is 2.29. The molecule has 0 aliphatic carbocycles. The zero-order chi connectivity index (χ0) is 13.1. The highest BCUT2D eigenvalue weighted by atomic mass is 79.9. The highest BCUT2D eigenvalue weighted by Gasteiger charge is 2.04. The van der Waals surface area contributed by atoms with E-state index >= 15 is 0 Å². The number of benzene rings is 1. The molecule has 2 aromatic rings. The number of nitrogens with one attached hydrogen (secondary N) is 2. The maximum absolute atomic E-state index is 11.0. The van der Waals surface area contributed by atoms with Crippen LogP contribution in [0, 0.1) is 0 Å². The van der Waals surface area contributed by atoms with Gasteiger partial charge in [0.05, 0.1) is 6.54 Å². The first-order valence-corrected chi connectivity index (χ1v) is 7.14. The number of nitrogens with two attached hydrogens (primary N) is 1. The van der Waals surface area contributed by atoms with E-state index in [1.54, 1.807) is 5.38 Å². The molecule has 7 heteroatoms. The van der Waals surface area contributed by atoms with E-state index in [9.17, 15) is 4.79 Å². The van der Waals surface area contributed by atoms with Crippen molar-refractivity contribution in [2.45, 2.75) is 6.54 Å². The molecule has 0 saturated carbocycles. The molecule has 0 aliphatic heterocycles. The second-order valence-corrected chi connectivity index (χ2v) is 5.72. The molecule has 0 aliphatic rings. The van der Waals surface area contributed by atoms with E-state index in [1.165, 1.54) is 0 Å². The van der Waals surface area contributed by atoms with Crippen LogP contribution in [0.1, 0.15) is 11.3 Å². The summed E-state index contributed by atoms with van der Waals surface area (Å²) in [5, 5.41) is 5.01. The summed E-state index contributed by atoms with van der Waals surface area (Å²) < 4.78 is 0.880. The number of rotatable bonds is 4. The minimum atomic E-state index is -0.0466. The smallest absolute Gasteiger partial charge is 0.304 e. The summed E-state index contributed by atoms with van der Waals surface area (Å²) in [6.07, 6.45) is 0. The van der Waals surface area contributed by atoms with Crippen LogP contribution in [0.3, 0.4) is 0 Å². The van der Waals surface area contributed by atoms with Crippen LogP contribution >= 0.6 is 39.5 Å². The average molecular weight is 344 g/mol. The van der Waals surface area contributed by atoms with Gasteiger partial charge in [-0.3, -0.25) is 4.79 Å². The van der Waals surface area contributed by atoms with Gasteiger partial charge < -0.3 is 16.0 Å². The van der Waals surface area contributed by atoms with Crippen molar-refractivity contribution in [1.82, 2.24) is 4.98 Å². The molecular weight excluding hydrogens is 334 g/mol. The molecule has 1 aromatic heterocycles. The van der Waals surface area contributed by atoms with Gasteiger partial charge in [0.15, 0.2) is 0 Å². The van der Waals surface area contributed by atoms with Crippen LogP contribution in [0.4, 0.5) is 5.69 Å². The zero-order valence-corrected chi connectivity index (χ0v) is 12.4. The van der Waals surface area contributed by atoms with E-state index in [2.05, 4.69) is 26.2 Å². The molecule has 0 spiro atoms. The largest absolute Gasteiger partial charge is 0.389 e. The molecule has 2 rings (SSSR count). The zero-order valence-electron chi connectivity index (χ0n) is 9.20. The fraction of sp³-hybridized carbons (Fsp3) is 0.0909. The van der Waals surface area contributed by atoms with Crippen molar-refractivity contribution in [2.75, 3.05) is 5.32 Å². The van der Waals surface area contributed by atoms with Gasteiger partial charge in [-0.1, -0.05) is 23.6 Å². The summed E-state index contributed by atoms with van der Waals surface area (Å²) in [5.74, 6) is 0. The van der Waals surface area contributed by atoms with Crippen LogP contribution in [0.2, 0.25) is 0 Å². The van der Waals surface area contributed by atoms with Crippen molar-refractivity contribution >= 4 is 50.2 Å². The molecule has 0 amide bonds. The van der Waals surface area contributed by atoms with Gasteiger partial charge >= 0.3 is 4.87 Å². The van der Waals surface area contributed by atoms with Crippen molar-refractivity contribution in [3.8, 4) is 0 Å². The fourth-order valence-electron chi connectivity index (χ4n) is 1.40. The lowest BCUT2D eigenvalue weighted by Crippen LogP contribution is -2.09. The van der Waals surface area contributed by atoms with Gasteiger partial charge in [0.2, 0.25) is 0 Å². The molecule has 0 saturated heterocycles. The Morgan fingerprint density at radius 1 is 1.56 bits per heavy atom. The summed E-state index contributed by atoms with van der Waals surface area (Å²) in [5.41, 5.74) is 8.14. The number of H-pyrrole nitrogens is 1. The molecule has 0 unspecified atom stereocenters. The van der Waals surface area contributed by atoms with Crippen LogP contribution in [-0.4, -0.2) is 9.97 Å². The van der Waals surface area contributed by atoms with E-state index in [0.29, 0.717) is 11.5 Å². The van der Waals surface area contributed by atoms with E-state index in [0.717, 1.165) is 32.8 Å². The molecule has 18 heavy (non-hydrogen) atoms. The Hall–Kier alpha value is -1.18. The lowest BCUT2D eigenvalue weighted by Gasteiger charge is -2.08. The third-order valence-corrected chi connectivity index (χ3v) is 3.90. The van der Waals surface area contributed by atoms with Crippen molar-refractivity contribution in [1.29, 1.82) is 0 Å². The molecule has 4 N–H and O–H groups in total. The van der Waals surface area contributed by atoms with Crippen LogP contribution in [0.25, 0.3) is 0 Å². The molecule has 1 heterocycles. The van der Waals surface area contributed by atoms with Crippen molar-refractivity contribution in [3.05, 3.63) is 49.0 Å². The normalized spacial score (nSPS) is 10.3. The van der Waals surface area contributed by atoms with E-state index < -0.39 is 0 Å². The fourth-order valence-corrected chi connectivity index (χ4v) is 2.63. The molecule has 4 nitrogen and oxygen atoms in total. The number of hydrogen-bond donors (Lipinski definition) is 3. The third kappa shape index (κ3) is 3.18. The Bertz CT molecular complexity index is 635. The van der Waals surface area contributed by atoms with Gasteiger partial charge in [-0.15, -0.1) is 0 Å². The predicted octanol–water partition coefficient (Wildman–Crippen LogP) is 2.45. The summed E-state index contributed by atoms with van der Waals surface area (Å²) in [6.45, 7) is 0.559. The first kappa shape index (κ1) is 13.3. The van der Waals surface area contributed by atoms with E-state index in [1.807, 2.05) is 18.2 Å². The second-order valence-electron chi connectivity index (χ2n) is 3.59. The second kappa shape index (κ2) is 5.64. The quantitative estimate of drug-likeness (QED) is 0.745. The minimum absolute atomic E-state index is 0.0466. The van der Waals surface area contributed by atoms with Crippen LogP contribution in [-0.2, 0) is 6.54 Å². The van der Waals surface area contributed by atoms with Gasteiger partial charge in [0.1, 0.15) is 4.99 Å². The number of anilines is 1. The van der Waals surface area contributed by atoms with Crippen LogP contribution in [0.5, 0.6) is 0 Å². The van der Waals surface area contributed by atoms with Gasteiger partial charge in [-0.25, -0.2) is 0 Å². The highest BCUT2D eigenvalue weighted by Crippen LogP contribution is 2.24. The average Bonchev–Trinajstić information content (AvgIpc) is 2.73. The van der Waals surface area contributed by atoms with Crippen molar-refractivity contribution < 1.29 is 0 Å². The first-order valence-electron chi connectivity index (χ1n) is 5.06. The lowest BCUT2D eigenvalue weighted by atomic mass is 10.2. The molecule has 1 aromatic carbocycles. The standard InChI is InChI=1S/C11H10BrN3OS2/c12-8-3-6(10(13)17)1-2-9(8)14-4-7-5-18-11(16)15-7/h1-3,5,14H,4H2,(H2,13,17)(H,15,16). The Morgan fingerprint density at radius 2 is 2.33 bits per heavy atom.